The van der Waals surface area contributed by atoms with Gasteiger partial charge >= 0.3 is 5.97 Å². The Morgan fingerprint density at radius 1 is 1.11 bits per heavy atom. The Kier molecular flexibility index (Phi) is 3.93. The van der Waals surface area contributed by atoms with Crippen molar-refractivity contribution in [2.45, 2.75) is 0 Å². The van der Waals surface area contributed by atoms with E-state index in [1.807, 2.05) is 0 Å². The maximum absolute atomic E-state index is 13.1. The molecule has 0 fully saturated rings. The quantitative estimate of drug-likeness (QED) is 0.899. The van der Waals surface area contributed by atoms with E-state index < -0.39 is 11.8 Å². The summed E-state index contributed by atoms with van der Waals surface area (Å²) in [6, 6.07) is 7.60. The Hall–Kier alpha value is -1.78. The number of benzene rings is 2. The summed E-state index contributed by atoms with van der Waals surface area (Å²) in [5.41, 5.74) is -0.0928. The van der Waals surface area contributed by atoms with E-state index in [-0.39, 0.29) is 22.1 Å². The molecule has 0 radical (unpaired) electrons. The number of carbonyl (C=O) groups is 1. The lowest BCUT2D eigenvalue weighted by Crippen LogP contribution is -2.00. The smallest absolute Gasteiger partial charge is 0.339 e. The molecule has 98 valence electrons. The molecule has 0 aliphatic carbocycles. The van der Waals surface area contributed by atoms with Crippen LogP contribution in [-0.4, -0.2) is 11.1 Å². The summed E-state index contributed by atoms with van der Waals surface area (Å²) in [4.78, 5) is 11.0. The monoisotopic (exact) mass is 300 g/mol. The molecular formula is C13H7Cl2FO3. The van der Waals surface area contributed by atoms with E-state index in [1.165, 1.54) is 30.3 Å². The molecule has 6 heteroatoms. The number of hydrogen-bond acceptors (Lipinski definition) is 2. The topological polar surface area (TPSA) is 46.5 Å². The van der Waals surface area contributed by atoms with Crippen LogP contribution >= 0.6 is 23.2 Å². The van der Waals surface area contributed by atoms with Gasteiger partial charge in [-0.3, -0.25) is 0 Å². The van der Waals surface area contributed by atoms with Crippen molar-refractivity contribution >= 4 is 29.2 Å². The summed E-state index contributed by atoms with van der Waals surface area (Å²) < 4.78 is 18.4. The fourth-order valence-electron chi connectivity index (χ4n) is 1.43. The number of ether oxygens (including phenoxy) is 1. The van der Waals surface area contributed by atoms with Crippen molar-refractivity contribution in [3.8, 4) is 11.5 Å². The first-order valence-electron chi connectivity index (χ1n) is 5.13. The first-order valence-corrected chi connectivity index (χ1v) is 5.88. The lowest BCUT2D eigenvalue weighted by Gasteiger charge is -2.10. The van der Waals surface area contributed by atoms with Gasteiger partial charge in [-0.05, 0) is 24.3 Å². The van der Waals surface area contributed by atoms with Crippen molar-refractivity contribution in [3.63, 3.8) is 0 Å². The molecule has 2 rings (SSSR count). The molecule has 0 atom stereocenters. The predicted octanol–water partition coefficient (Wildman–Crippen LogP) is 4.62. The number of carboxylic acids is 1. The van der Waals surface area contributed by atoms with Crippen LogP contribution in [0.4, 0.5) is 4.39 Å². The van der Waals surface area contributed by atoms with Gasteiger partial charge < -0.3 is 9.84 Å². The van der Waals surface area contributed by atoms with Crippen molar-refractivity contribution in [1.82, 2.24) is 0 Å². The van der Waals surface area contributed by atoms with Gasteiger partial charge in [-0.15, -0.1) is 0 Å². The molecule has 19 heavy (non-hydrogen) atoms. The van der Waals surface area contributed by atoms with Crippen molar-refractivity contribution in [3.05, 3.63) is 57.8 Å². The number of aromatic carboxylic acids is 1. The lowest BCUT2D eigenvalue weighted by atomic mass is 10.2. The van der Waals surface area contributed by atoms with E-state index in [0.717, 1.165) is 6.07 Å². The highest BCUT2D eigenvalue weighted by Gasteiger charge is 2.14. The number of carboxylic acid groups (broad SMARTS) is 1. The van der Waals surface area contributed by atoms with E-state index in [9.17, 15) is 9.18 Å². The summed E-state index contributed by atoms with van der Waals surface area (Å²) in [5, 5.41) is 9.49. The molecule has 0 aromatic heterocycles. The zero-order valence-corrected chi connectivity index (χ0v) is 10.9. The summed E-state index contributed by atoms with van der Waals surface area (Å²) in [5.74, 6) is -1.71. The molecule has 0 aliphatic heterocycles. The molecule has 0 spiro atoms. The Morgan fingerprint density at radius 3 is 2.53 bits per heavy atom. The Labute approximate surface area is 118 Å². The maximum atomic E-state index is 13.1. The van der Waals surface area contributed by atoms with E-state index in [0.29, 0.717) is 5.02 Å². The molecular weight excluding hydrogens is 294 g/mol. The van der Waals surface area contributed by atoms with Crippen molar-refractivity contribution in [2.75, 3.05) is 0 Å². The largest absolute Gasteiger partial charge is 0.478 e. The average Bonchev–Trinajstić information content (AvgIpc) is 2.33. The molecule has 0 aliphatic rings. The minimum absolute atomic E-state index is 0.00694. The second-order valence-electron chi connectivity index (χ2n) is 3.62. The second-order valence-corrected chi connectivity index (χ2v) is 4.47. The summed E-state index contributed by atoms with van der Waals surface area (Å²) in [7, 11) is 0. The fourth-order valence-corrected chi connectivity index (χ4v) is 1.75. The predicted molar refractivity (Wildman–Crippen MR) is 69.9 cm³/mol. The van der Waals surface area contributed by atoms with Crippen LogP contribution < -0.4 is 4.74 Å². The normalized spacial score (nSPS) is 10.3. The highest BCUT2D eigenvalue weighted by atomic mass is 35.5. The van der Waals surface area contributed by atoms with Gasteiger partial charge in [0.25, 0.3) is 0 Å². The summed E-state index contributed by atoms with van der Waals surface area (Å²) in [6.07, 6.45) is 0. The van der Waals surface area contributed by atoms with Gasteiger partial charge in [0, 0.05) is 17.2 Å². The standard InChI is InChI=1S/C13H7Cl2FO3/c14-7-1-3-9(13(17)18)11(5-7)19-12-6-8(16)2-4-10(12)15/h1-6H,(H,17,18). The SMILES string of the molecule is O=C(O)c1ccc(Cl)cc1Oc1cc(F)ccc1Cl. The molecule has 2 aromatic carbocycles. The maximum Gasteiger partial charge on any atom is 0.339 e. The number of rotatable bonds is 3. The second kappa shape index (κ2) is 5.47. The molecule has 0 amide bonds. The Bertz CT molecular complexity index is 644. The minimum Gasteiger partial charge on any atom is -0.478 e. The van der Waals surface area contributed by atoms with E-state index in [1.54, 1.807) is 0 Å². The van der Waals surface area contributed by atoms with Gasteiger partial charge in [0.05, 0.1) is 5.02 Å². The third kappa shape index (κ3) is 3.16. The van der Waals surface area contributed by atoms with E-state index in [4.69, 9.17) is 33.0 Å². The van der Waals surface area contributed by atoms with Crippen molar-refractivity contribution in [1.29, 1.82) is 0 Å². The zero-order chi connectivity index (χ0) is 14.0. The van der Waals surface area contributed by atoms with Gasteiger partial charge in [-0.1, -0.05) is 23.2 Å². The van der Waals surface area contributed by atoms with E-state index >= 15 is 0 Å². The number of hydrogen-bond donors (Lipinski definition) is 1. The lowest BCUT2D eigenvalue weighted by molar-refractivity contribution is 0.0694. The van der Waals surface area contributed by atoms with Gasteiger partial charge in [0.15, 0.2) is 0 Å². The molecule has 2 aromatic rings. The molecule has 0 saturated carbocycles. The molecule has 0 saturated heterocycles. The van der Waals surface area contributed by atoms with Crippen LogP contribution in [0.2, 0.25) is 10.0 Å². The Balaban J connectivity index is 2.45. The van der Waals surface area contributed by atoms with Crippen LogP contribution in [0, 0.1) is 5.82 Å². The molecule has 3 nitrogen and oxygen atoms in total. The van der Waals surface area contributed by atoms with Crippen LogP contribution in [0.1, 0.15) is 10.4 Å². The third-order valence-corrected chi connectivity index (χ3v) is 2.83. The fraction of sp³-hybridized carbons (Fsp3) is 0. The van der Waals surface area contributed by atoms with Crippen LogP contribution in [0.3, 0.4) is 0 Å². The van der Waals surface area contributed by atoms with E-state index in [2.05, 4.69) is 0 Å². The van der Waals surface area contributed by atoms with Crippen molar-refractivity contribution < 1.29 is 19.0 Å². The summed E-state index contributed by atoms with van der Waals surface area (Å²) >= 11 is 11.6. The molecule has 1 N–H and O–H groups in total. The number of halogens is 3. The van der Waals surface area contributed by atoms with Crippen molar-refractivity contribution in [2.24, 2.45) is 0 Å². The highest BCUT2D eigenvalue weighted by Crippen LogP contribution is 2.33. The molecule has 0 unspecified atom stereocenters. The van der Waals surface area contributed by atoms with Crippen LogP contribution in [0.25, 0.3) is 0 Å². The zero-order valence-electron chi connectivity index (χ0n) is 9.36. The highest BCUT2D eigenvalue weighted by molar-refractivity contribution is 6.32. The minimum atomic E-state index is -1.18. The third-order valence-electron chi connectivity index (χ3n) is 2.29. The molecule has 0 bridgehead atoms. The molecule has 0 heterocycles. The van der Waals surface area contributed by atoms with Gasteiger partial charge in [0.1, 0.15) is 22.9 Å². The first-order chi connectivity index (χ1) is 8.97. The van der Waals surface area contributed by atoms with Crippen LogP contribution in [-0.2, 0) is 0 Å². The Morgan fingerprint density at radius 2 is 1.84 bits per heavy atom. The van der Waals surface area contributed by atoms with Gasteiger partial charge in [0.2, 0.25) is 0 Å². The average molecular weight is 301 g/mol. The summed E-state index contributed by atoms with van der Waals surface area (Å²) in [6.45, 7) is 0. The van der Waals surface area contributed by atoms with Gasteiger partial charge in [-0.25, -0.2) is 9.18 Å². The first kappa shape index (κ1) is 13.6. The van der Waals surface area contributed by atoms with Crippen LogP contribution in [0.15, 0.2) is 36.4 Å². The van der Waals surface area contributed by atoms with Crippen LogP contribution in [0.5, 0.6) is 11.5 Å². The van der Waals surface area contributed by atoms with Gasteiger partial charge in [-0.2, -0.15) is 0 Å².